The molecule has 0 aliphatic carbocycles. The predicted molar refractivity (Wildman–Crippen MR) is 166 cm³/mol. The zero-order valence-electron chi connectivity index (χ0n) is 27.4. The molecule has 55 heavy (non-hydrogen) atoms. The summed E-state index contributed by atoms with van der Waals surface area (Å²) in [6.07, 6.45) is -18.5. The number of halogens is 13. The van der Waals surface area contributed by atoms with E-state index in [4.69, 9.17) is 26.4 Å². The van der Waals surface area contributed by atoms with Crippen LogP contribution in [0.4, 0.5) is 52.7 Å². The first kappa shape index (κ1) is 43.9. The molecular formula is C28H20BClF12N9O4-. The van der Waals surface area contributed by atoms with E-state index in [-0.39, 0.29) is 46.3 Å². The van der Waals surface area contributed by atoms with E-state index in [0.29, 0.717) is 15.1 Å². The Labute approximate surface area is 304 Å². The zero-order valence-corrected chi connectivity index (χ0v) is 28.2. The van der Waals surface area contributed by atoms with Gasteiger partial charge < -0.3 is 26.9 Å². The van der Waals surface area contributed by atoms with Crippen LogP contribution in [-0.4, -0.2) is 76.0 Å². The first-order valence-corrected chi connectivity index (χ1v) is 14.3. The van der Waals surface area contributed by atoms with Crippen LogP contribution >= 0.6 is 11.6 Å². The van der Waals surface area contributed by atoms with Gasteiger partial charge in [0.05, 0.1) is 25.5 Å². The van der Waals surface area contributed by atoms with Crippen LogP contribution in [0.3, 0.4) is 0 Å². The van der Waals surface area contributed by atoms with Gasteiger partial charge in [-0.3, -0.25) is 0 Å². The van der Waals surface area contributed by atoms with E-state index in [1.165, 1.54) is 24.3 Å². The van der Waals surface area contributed by atoms with Gasteiger partial charge >= 0.3 is 31.8 Å². The molecule has 0 saturated heterocycles. The second-order valence-electron chi connectivity index (χ2n) is 10.0. The third kappa shape index (κ3) is 10.4. The van der Waals surface area contributed by atoms with Crippen LogP contribution in [-0.2, 0) is 24.7 Å². The SMILES string of the molecule is COc1cc(C(F)(F)F)ccc1-c1ccc2nnc(C(F)(F)F)n2n1.COc1nc(C(F)(F)F)ccc1B(O)O.FC(F)(F)c1nnc2ccc(Cl)nn12.[CH3-]. The standard InChI is InChI=1S/C14H8F6N4O.C7H7BF3NO3.C6H2ClF3N4.CH3/c1-25-10-6-7(13(15,16)17)2-3-8(10)9-4-5-11-21-22-12(14(18,19)20)24(11)23-9;1-15-6-4(8(13)14)2-3-5(12-6)7(9,10)11;7-3-1-2-4-11-12-5(6(8,9)10)14(4)13-3;/h2-6H,1H3;2-3,13-14H,1H3;1-2H;1H3/q;;;-1. The van der Waals surface area contributed by atoms with Crippen LogP contribution in [0.2, 0.25) is 5.15 Å². The summed E-state index contributed by atoms with van der Waals surface area (Å²) in [4.78, 5) is 3.12. The molecule has 5 heterocycles. The highest BCUT2D eigenvalue weighted by atomic mass is 35.5. The second kappa shape index (κ2) is 16.5. The molecule has 296 valence electrons. The third-order valence-corrected chi connectivity index (χ3v) is 6.66. The van der Waals surface area contributed by atoms with Crippen molar-refractivity contribution in [3.8, 4) is 22.9 Å². The second-order valence-corrected chi connectivity index (χ2v) is 10.4. The molecule has 0 aliphatic rings. The zero-order chi connectivity index (χ0) is 40.4. The van der Waals surface area contributed by atoms with E-state index in [1.807, 2.05) is 0 Å². The van der Waals surface area contributed by atoms with Crippen LogP contribution < -0.4 is 14.9 Å². The minimum atomic E-state index is -4.78. The Kier molecular flexibility index (Phi) is 13.2. The first-order valence-electron chi connectivity index (χ1n) is 13.9. The largest absolute Gasteiger partial charge is 0.496 e. The number of benzene rings is 1. The van der Waals surface area contributed by atoms with Gasteiger partial charge in [0.2, 0.25) is 5.88 Å². The summed E-state index contributed by atoms with van der Waals surface area (Å²) in [6.45, 7) is 0. The fourth-order valence-electron chi connectivity index (χ4n) is 4.10. The van der Waals surface area contributed by atoms with Crippen LogP contribution in [0.5, 0.6) is 11.6 Å². The Morgan fingerprint density at radius 2 is 1.18 bits per heavy atom. The van der Waals surface area contributed by atoms with Crippen molar-refractivity contribution in [2.75, 3.05) is 14.2 Å². The molecule has 6 aromatic rings. The Bertz CT molecular complexity index is 2240. The normalized spacial score (nSPS) is 11.9. The van der Waals surface area contributed by atoms with Gasteiger partial charge in [-0.25, -0.2) is 4.98 Å². The van der Waals surface area contributed by atoms with E-state index in [9.17, 15) is 52.7 Å². The van der Waals surface area contributed by atoms with E-state index in [1.54, 1.807) is 0 Å². The fourth-order valence-corrected chi connectivity index (χ4v) is 4.24. The molecule has 0 aliphatic heterocycles. The van der Waals surface area contributed by atoms with E-state index < -0.39 is 60.6 Å². The minimum Gasteiger partial charge on any atom is -0.496 e. The van der Waals surface area contributed by atoms with Crippen molar-refractivity contribution in [2.45, 2.75) is 24.7 Å². The lowest BCUT2D eigenvalue weighted by Gasteiger charge is -2.12. The molecule has 2 N–H and O–H groups in total. The molecule has 1 aromatic carbocycles. The number of aromatic nitrogens is 9. The van der Waals surface area contributed by atoms with Crippen molar-refractivity contribution in [2.24, 2.45) is 0 Å². The van der Waals surface area contributed by atoms with Crippen LogP contribution in [0.15, 0.2) is 54.6 Å². The number of rotatable bonds is 4. The molecule has 13 nitrogen and oxygen atoms in total. The number of methoxy groups -OCH3 is 2. The first-order chi connectivity index (χ1) is 24.9. The molecule has 0 radical (unpaired) electrons. The molecule has 5 aromatic heterocycles. The lowest BCUT2D eigenvalue weighted by Crippen LogP contribution is -2.32. The summed E-state index contributed by atoms with van der Waals surface area (Å²) < 4.78 is 161. The summed E-state index contributed by atoms with van der Waals surface area (Å²) >= 11 is 5.44. The van der Waals surface area contributed by atoms with E-state index >= 15 is 0 Å². The number of ether oxygens (including phenoxy) is 2. The Morgan fingerprint density at radius 1 is 0.636 bits per heavy atom. The summed E-state index contributed by atoms with van der Waals surface area (Å²) in [6, 6.07) is 9.35. The molecule has 0 atom stereocenters. The summed E-state index contributed by atoms with van der Waals surface area (Å²) in [5, 5.41) is 37.4. The topological polar surface area (TPSA) is 158 Å². The quantitative estimate of drug-likeness (QED) is 0.125. The summed E-state index contributed by atoms with van der Waals surface area (Å²) in [5.41, 5.74) is -2.39. The van der Waals surface area contributed by atoms with Crippen LogP contribution in [0, 0.1) is 7.43 Å². The number of nitrogens with zero attached hydrogens (tertiary/aromatic N) is 9. The smallest absolute Gasteiger partial charge is 0.494 e. The number of hydrogen-bond donors (Lipinski definition) is 2. The maximum Gasteiger partial charge on any atom is 0.494 e. The number of fused-ring (bicyclic) bond motifs is 2. The highest BCUT2D eigenvalue weighted by Crippen LogP contribution is 2.37. The Hall–Kier alpha value is -5.50. The van der Waals surface area contributed by atoms with E-state index in [0.717, 1.165) is 38.5 Å². The van der Waals surface area contributed by atoms with Gasteiger partial charge in [-0.05, 0) is 48.5 Å². The lowest BCUT2D eigenvalue weighted by molar-refractivity contribution is -0.147. The minimum absolute atomic E-state index is 0. The van der Waals surface area contributed by atoms with E-state index in [2.05, 4.69) is 40.3 Å². The molecule has 27 heteroatoms. The number of alkyl halides is 12. The Balaban J connectivity index is 0.000000234. The predicted octanol–water partition coefficient (Wildman–Crippen LogP) is 5.87. The maximum absolute atomic E-state index is 12.9. The van der Waals surface area contributed by atoms with Crippen molar-refractivity contribution in [1.82, 2.24) is 44.6 Å². The summed E-state index contributed by atoms with van der Waals surface area (Å²) in [7, 11) is 0.320. The monoisotopic (exact) mass is 820 g/mol. The van der Waals surface area contributed by atoms with Crippen LogP contribution in [0.1, 0.15) is 22.9 Å². The van der Waals surface area contributed by atoms with Gasteiger partial charge in [-0.15, -0.1) is 20.4 Å². The molecule has 6 rings (SSSR count). The number of hydrogen-bond acceptors (Lipinski definition) is 11. The molecule has 0 saturated carbocycles. The van der Waals surface area contributed by atoms with Gasteiger partial charge in [0.1, 0.15) is 16.6 Å². The van der Waals surface area contributed by atoms with Gasteiger partial charge in [0, 0.05) is 11.0 Å². The van der Waals surface area contributed by atoms with Crippen LogP contribution in [0.25, 0.3) is 22.6 Å². The lowest BCUT2D eigenvalue weighted by atomic mass is 9.81. The molecule has 0 fully saturated rings. The Morgan fingerprint density at radius 3 is 1.65 bits per heavy atom. The average Bonchev–Trinajstić information content (AvgIpc) is 3.71. The van der Waals surface area contributed by atoms with Gasteiger partial charge in [0.25, 0.3) is 11.6 Å². The highest BCUT2D eigenvalue weighted by Gasteiger charge is 2.39. The van der Waals surface area contributed by atoms with Crippen molar-refractivity contribution >= 4 is 35.5 Å². The fraction of sp³-hybridized carbons (Fsp3) is 0.214. The van der Waals surface area contributed by atoms with Crippen molar-refractivity contribution in [1.29, 1.82) is 0 Å². The number of pyridine rings is 1. The molecule has 0 unspecified atom stereocenters. The van der Waals surface area contributed by atoms with Crippen molar-refractivity contribution in [3.05, 3.63) is 90.1 Å². The van der Waals surface area contributed by atoms with Crippen molar-refractivity contribution < 1.29 is 72.2 Å². The van der Waals surface area contributed by atoms with Gasteiger partial charge in [0.15, 0.2) is 11.3 Å². The highest BCUT2D eigenvalue weighted by molar-refractivity contribution is 6.59. The van der Waals surface area contributed by atoms with Crippen molar-refractivity contribution in [3.63, 3.8) is 0 Å². The third-order valence-electron chi connectivity index (χ3n) is 6.46. The summed E-state index contributed by atoms with van der Waals surface area (Å²) in [5.74, 6) is -3.16. The van der Waals surface area contributed by atoms with Gasteiger partial charge in [-0.1, -0.05) is 17.7 Å². The molecule has 0 spiro atoms. The molecule has 0 amide bonds. The molecular weight excluding hydrogens is 801 g/mol. The maximum atomic E-state index is 12.9. The van der Waals surface area contributed by atoms with Gasteiger partial charge in [-0.2, -0.15) is 71.9 Å². The molecule has 0 bridgehead atoms. The average molecular weight is 821 g/mol.